The van der Waals surface area contributed by atoms with Gasteiger partial charge in [-0.25, -0.2) is 0 Å². The number of nitrogens with zero attached hydrogens (tertiary/aromatic N) is 1. The first kappa shape index (κ1) is 12.2. The van der Waals surface area contributed by atoms with Crippen LogP contribution in [-0.2, 0) is 6.42 Å². The Kier molecular flexibility index (Phi) is 3.24. The molecule has 0 saturated carbocycles. The molecule has 2 heterocycles. The van der Waals surface area contributed by atoms with Crippen LogP contribution in [0.1, 0.15) is 37.4 Å². The van der Waals surface area contributed by atoms with E-state index in [4.69, 9.17) is 0 Å². The fourth-order valence-electron chi connectivity index (χ4n) is 2.75. The maximum Gasteiger partial charge on any atom is 0.0681 e. The average Bonchev–Trinajstić information content (AvgIpc) is 2.79. The maximum absolute atomic E-state index is 4.35. The van der Waals surface area contributed by atoms with Gasteiger partial charge >= 0.3 is 0 Å². The number of aryl methyl sites for hydroxylation is 2. The molecule has 2 heteroatoms. The fraction of sp³-hybridized carbons (Fsp3) is 0.353. The first-order valence-corrected chi connectivity index (χ1v) is 7.15. The zero-order chi connectivity index (χ0) is 13.2. The maximum atomic E-state index is 4.35. The highest BCUT2D eigenvalue weighted by molar-refractivity contribution is 6.07. The Bertz CT molecular complexity index is 710. The van der Waals surface area contributed by atoms with Crippen molar-refractivity contribution in [3.63, 3.8) is 0 Å². The van der Waals surface area contributed by atoms with Gasteiger partial charge in [0.1, 0.15) is 0 Å². The second kappa shape index (κ2) is 5.04. The number of aromatic nitrogens is 2. The minimum atomic E-state index is 1.07. The molecule has 0 aliphatic carbocycles. The molecule has 0 aliphatic heterocycles. The van der Waals surface area contributed by atoms with Gasteiger partial charge in [0.2, 0.25) is 0 Å². The number of fused-ring (bicyclic) bond motifs is 3. The molecule has 1 N–H and O–H groups in total. The van der Waals surface area contributed by atoms with E-state index in [0.717, 1.165) is 5.69 Å². The van der Waals surface area contributed by atoms with E-state index < -0.39 is 0 Å². The first-order valence-electron chi connectivity index (χ1n) is 7.15. The van der Waals surface area contributed by atoms with Crippen LogP contribution in [0, 0.1) is 6.92 Å². The molecule has 0 spiro atoms. The number of hydrogen-bond acceptors (Lipinski definition) is 1. The lowest BCUT2D eigenvalue weighted by atomic mass is 10.0. The number of benzene rings is 1. The molecule has 0 saturated heterocycles. The molecule has 1 aromatic carbocycles. The average molecular weight is 252 g/mol. The van der Waals surface area contributed by atoms with E-state index in [1.807, 2.05) is 6.20 Å². The Labute approximate surface area is 113 Å². The lowest BCUT2D eigenvalue weighted by Crippen LogP contribution is -1.85. The number of unbranched alkanes of at least 4 members (excludes halogenated alkanes) is 2. The normalized spacial score (nSPS) is 11.5. The van der Waals surface area contributed by atoms with E-state index in [0.29, 0.717) is 0 Å². The molecule has 0 unspecified atom stereocenters. The monoisotopic (exact) mass is 252 g/mol. The van der Waals surface area contributed by atoms with E-state index in [-0.39, 0.29) is 0 Å². The van der Waals surface area contributed by atoms with Crippen LogP contribution < -0.4 is 0 Å². The largest absolute Gasteiger partial charge is 0.353 e. The highest BCUT2D eigenvalue weighted by atomic mass is 14.8. The first-order chi connectivity index (χ1) is 9.29. The predicted octanol–water partition coefficient (Wildman–Crippen LogP) is 4.76. The molecule has 0 aliphatic rings. The predicted molar refractivity (Wildman–Crippen MR) is 81.6 cm³/mol. The highest BCUT2D eigenvalue weighted by Crippen LogP contribution is 2.27. The summed E-state index contributed by atoms with van der Waals surface area (Å²) in [6.07, 6.45) is 6.94. The number of rotatable bonds is 4. The standard InChI is InChI=1S/C17H20N2/c1-3-4-5-6-13-7-8-14-15-9-10-18-12(2)17(15)19-16(14)11-13/h7-11,19H,3-6H2,1-2H3. The Balaban J connectivity index is 2.04. The third-order valence-corrected chi connectivity index (χ3v) is 3.84. The van der Waals surface area contributed by atoms with Crippen molar-refractivity contribution in [2.75, 3.05) is 0 Å². The zero-order valence-corrected chi connectivity index (χ0v) is 11.7. The molecule has 19 heavy (non-hydrogen) atoms. The van der Waals surface area contributed by atoms with Crippen LogP contribution in [0.5, 0.6) is 0 Å². The van der Waals surface area contributed by atoms with Crippen molar-refractivity contribution in [3.05, 3.63) is 41.7 Å². The summed E-state index contributed by atoms with van der Waals surface area (Å²) in [6, 6.07) is 8.90. The van der Waals surface area contributed by atoms with Crippen LogP contribution >= 0.6 is 0 Å². The van der Waals surface area contributed by atoms with Crippen LogP contribution in [0.25, 0.3) is 21.8 Å². The molecule has 3 rings (SSSR count). The van der Waals surface area contributed by atoms with Crippen LogP contribution in [0.2, 0.25) is 0 Å². The van der Waals surface area contributed by atoms with Crippen LogP contribution in [0.15, 0.2) is 30.5 Å². The molecule has 2 nitrogen and oxygen atoms in total. The Morgan fingerprint density at radius 1 is 1.11 bits per heavy atom. The van der Waals surface area contributed by atoms with Crippen molar-refractivity contribution in [1.82, 2.24) is 9.97 Å². The SMILES string of the molecule is CCCCCc1ccc2c(c1)[nH]c1c(C)nccc12. The van der Waals surface area contributed by atoms with E-state index in [9.17, 15) is 0 Å². The summed E-state index contributed by atoms with van der Waals surface area (Å²) in [5.74, 6) is 0. The van der Waals surface area contributed by atoms with Crippen LogP contribution in [-0.4, -0.2) is 9.97 Å². The summed E-state index contributed by atoms with van der Waals surface area (Å²) in [5.41, 5.74) is 4.91. The third kappa shape index (κ3) is 2.23. The molecule has 0 bridgehead atoms. The van der Waals surface area contributed by atoms with Gasteiger partial charge in [-0.3, -0.25) is 4.98 Å². The lowest BCUT2D eigenvalue weighted by Gasteiger charge is -2.00. The Hall–Kier alpha value is -1.83. The number of aromatic amines is 1. The fourth-order valence-corrected chi connectivity index (χ4v) is 2.75. The van der Waals surface area contributed by atoms with Gasteiger partial charge in [-0.1, -0.05) is 31.9 Å². The van der Waals surface area contributed by atoms with Crippen molar-refractivity contribution < 1.29 is 0 Å². The number of hydrogen-bond donors (Lipinski definition) is 1. The molecular formula is C17H20N2. The summed E-state index contributed by atoms with van der Waals surface area (Å²) in [6.45, 7) is 4.30. The van der Waals surface area contributed by atoms with Gasteiger partial charge in [0.05, 0.1) is 11.2 Å². The lowest BCUT2D eigenvalue weighted by molar-refractivity contribution is 0.718. The van der Waals surface area contributed by atoms with Gasteiger partial charge < -0.3 is 4.98 Å². The van der Waals surface area contributed by atoms with Crippen molar-refractivity contribution in [2.24, 2.45) is 0 Å². The zero-order valence-electron chi connectivity index (χ0n) is 11.7. The summed E-state index contributed by atoms with van der Waals surface area (Å²) in [5, 5.41) is 2.59. The Morgan fingerprint density at radius 3 is 2.84 bits per heavy atom. The van der Waals surface area contributed by atoms with Crippen molar-refractivity contribution >= 4 is 21.8 Å². The Morgan fingerprint density at radius 2 is 2.00 bits per heavy atom. The van der Waals surface area contributed by atoms with E-state index in [1.54, 1.807) is 0 Å². The van der Waals surface area contributed by atoms with Gasteiger partial charge in [0, 0.05) is 22.5 Å². The topological polar surface area (TPSA) is 28.7 Å². The van der Waals surface area contributed by atoms with E-state index >= 15 is 0 Å². The minimum absolute atomic E-state index is 1.07. The molecule has 98 valence electrons. The van der Waals surface area contributed by atoms with Crippen LogP contribution in [0.4, 0.5) is 0 Å². The molecule has 3 aromatic rings. The van der Waals surface area contributed by atoms with Crippen molar-refractivity contribution in [2.45, 2.75) is 39.5 Å². The third-order valence-electron chi connectivity index (χ3n) is 3.84. The highest BCUT2D eigenvalue weighted by Gasteiger charge is 2.07. The second-order valence-corrected chi connectivity index (χ2v) is 5.28. The van der Waals surface area contributed by atoms with Gasteiger partial charge in [0.15, 0.2) is 0 Å². The molecule has 0 radical (unpaired) electrons. The number of nitrogens with one attached hydrogen (secondary N) is 1. The quantitative estimate of drug-likeness (QED) is 0.666. The molecule has 0 atom stereocenters. The van der Waals surface area contributed by atoms with Crippen molar-refractivity contribution in [3.8, 4) is 0 Å². The molecular weight excluding hydrogens is 232 g/mol. The summed E-state index contributed by atoms with van der Waals surface area (Å²) >= 11 is 0. The molecule has 0 amide bonds. The second-order valence-electron chi connectivity index (χ2n) is 5.28. The van der Waals surface area contributed by atoms with Crippen molar-refractivity contribution in [1.29, 1.82) is 0 Å². The van der Waals surface area contributed by atoms with E-state index in [1.165, 1.54) is 53.1 Å². The summed E-state index contributed by atoms with van der Waals surface area (Å²) in [7, 11) is 0. The van der Waals surface area contributed by atoms with Gasteiger partial charge in [-0.05, 0) is 37.5 Å². The number of pyridine rings is 1. The van der Waals surface area contributed by atoms with Gasteiger partial charge in [-0.15, -0.1) is 0 Å². The number of H-pyrrole nitrogens is 1. The van der Waals surface area contributed by atoms with E-state index in [2.05, 4.69) is 48.1 Å². The molecule has 2 aromatic heterocycles. The smallest absolute Gasteiger partial charge is 0.0681 e. The van der Waals surface area contributed by atoms with Gasteiger partial charge in [-0.2, -0.15) is 0 Å². The summed E-state index contributed by atoms with van der Waals surface area (Å²) < 4.78 is 0. The molecule has 0 fully saturated rings. The van der Waals surface area contributed by atoms with Gasteiger partial charge in [0.25, 0.3) is 0 Å². The van der Waals surface area contributed by atoms with Crippen LogP contribution in [0.3, 0.4) is 0 Å². The summed E-state index contributed by atoms with van der Waals surface area (Å²) in [4.78, 5) is 7.87. The minimum Gasteiger partial charge on any atom is -0.353 e.